The second-order valence-electron chi connectivity index (χ2n) is 12.1. The lowest BCUT2D eigenvalue weighted by atomic mass is 9.99. The van der Waals surface area contributed by atoms with Crippen LogP contribution in [0.2, 0.25) is 0 Å². The summed E-state index contributed by atoms with van der Waals surface area (Å²) in [7, 11) is 0. The van der Waals surface area contributed by atoms with E-state index in [2.05, 4.69) is 185 Å². The Morgan fingerprint density at radius 3 is 1.52 bits per heavy atom. The van der Waals surface area contributed by atoms with E-state index < -0.39 is 0 Å². The SMILES string of the molecule is c1ccc(-c2ccc(-c3ccc4c(c3)c3ccccc3n4-c3ccc(-n4nc(-c5ccccc5)cc4-c4ccccc4)cc3)cc2)cc1. The molecule has 2 aromatic heterocycles. The molecule has 0 aliphatic heterocycles. The van der Waals surface area contributed by atoms with Crippen LogP contribution in [0.5, 0.6) is 0 Å². The lowest BCUT2D eigenvalue weighted by Gasteiger charge is -2.11. The van der Waals surface area contributed by atoms with Gasteiger partial charge in [-0.05, 0) is 70.8 Å². The van der Waals surface area contributed by atoms with Crippen molar-refractivity contribution >= 4 is 21.8 Å². The van der Waals surface area contributed by atoms with Gasteiger partial charge in [-0.2, -0.15) is 5.10 Å². The number of hydrogen-bond acceptors (Lipinski definition) is 1. The van der Waals surface area contributed by atoms with Crippen molar-refractivity contribution in [2.75, 3.05) is 0 Å². The summed E-state index contributed by atoms with van der Waals surface area (Å²) in [5.41, 5.74) is 13.6. The first-order valence-corrected chi connectivity index (χ1v) is 16.3. The molecule has 0 saturated heterocycles. The van der Waals surface area contributed by atoms with Gasteiger partial charge in [-0.25, -0.2) is 4.68 Å². The monoisotopic (exact) mass is 613 g/mol. The number of para-hydroxylation sites is 1. The van der Waals surface area contributed by atoms with Crippen LogP contribution >= 0.6 is 0 Å². The maximum absolute atomic E-state index is 5.09. The van der Waals surface area contributed by atoms with Crippen LogP contribution in [0, 0.1) is 0 Å². The van der Waals surface area contributed by atoms with Gasteiger partial charge in [-0.3, -0.25) is 0 Å². The molecule has 0 N–H and O–H groups in total. The molecule has 48 heavy (non-hydrogen) atoms. The van der Waals surface area contributed by atoms with Crippen molar-refractivity contribution in [2.24, 2.45) is 0 Å². The Bertz CT molecular complexity index is 2510. The Labute approximate surface area is 279 Å². The van der Waals surface area contributed by atoms with Crippen molar-refractivity contribution in [1.82, 2.24) is 14.3 Å². The number of nitrogens with zero attached hydrogens (tertiary/aromatic N) is 3. The van der Waals surface area contributed by atoms with E-state index in [0.29, 0.717) is 0 Å². The zero-order chi connectivity index (χ0) is 31.9. The van der Waals surface area contributed by atoms with E-state index in [9.17, 15) is 0 Å². The fraction of sp³-hybridized carbons (Fsp3) is 0. The lowest BCUT2D eigenvalue weighted by Crippen LogP contribution is -2.00. The number of hydrogen-bond donors (Lipinski definition) is 0. The minimum atomic E-state index is 0.950. The molecule has 0 amide bonds. The van der Waals surface area contributed by atoms with E-state index in [1.165, 1.54) is 44.1 Å². The number of aromatic nitrogens is 3. The first-order chi connectivity index (χ1) is 23.8. The Kier molecular flexibility index (Phi) is 6.80. The van der Waals surface area contributed by atoms with E-state index in [1.54, 1.807) is 0 Å². The fourth-order valence-electron chi connectivity index (χ4n) is 6.80. The van der Waals surface area contributed by atoms with Gasteiger partial charge in [0.1, 0.15) is 0 Å². The van der Waals surface area contributed by atoms with Gasteiger partial charge in [0.2, 0.25) is 0 Å². The number of rotatable bonds is 6. The molecule has 3 nitrogen and oxygen atoms in total. The molecule has 2 heterocycles. The molecule has 0 atom stereocenters. The van der Waals surface area contributed by atoms with Crippen molar-refractivity contribution in [2.45, 2.75) is 0 Å². The van der Waals surface area contributed by atoms with E-state index in [-0.39, 0.29) is 0 Å². The summed E-state index contributed by atoms with van der Waals surface area (Å²) in [6.07, 6.45) is 0. The van der Waals surface area contributed by atoms with Crippen LogP contribution in [-0.4, -0.2) is 14.3 Å². The topological polar surface area (TPSA) is 22.8 Å². The summed E-state index contributed by atoms with van der Waals surface area (Å²) in [6, 6.07) is 66.7. The van der Waals surface area contributed by atoms with Crippen LogP contribution in [0.3, 0.4) is 0 Å². The van der Waals surface area contributed by atoms with Crippen molar-refractivity contribution < 1.29 is 0 Å². The average Bonchev–Trinajstić information content (AvgIpc) is 3.76. The predicted octanol–water partition coefficient (Wildman–Crippen LogP) is 11.6. The molecule has 226 valence electrons. The van der Waals surface area contributed by atoms with Gasteiger partial charge in [-0.15, -0.1) is 0 Å². The second-order valence-corrected chi connectivity index (χ2v) is 12.1. The summed E-state index contributed by atoms with van der Waals surface area (Å²) in [6.45, 7) is 0. The minimum absolute atomic E-state index is 0.950. The van der Waals surface area contributed by atoms with Gasteiger partial charge < -0.3 is 4.57 Å². The first-order valence-electron chi connectivity index (χ1n) is 16.3. The normalized spacial score (nSPS) is 11.3. The highest BCUT2D eigenvalue weighted by Gasteiger charge is 2.16. The maximum atomic E-state index is 5.09. The zero-order valence-corrected chi connectivity index (χ0v) is 26.2. The van der Waals surface area contributed by atoms with E-state index >= 15 is 0 Å². The van der Waals surface area contributed by atoms with Crippen molar-refractivity contribution in [3.63, 3.8) is 0 Å². The second kappa shape index (κ2) is 11.7. The standard InChI is InChI=1S/C45H31N3/c1-4-12-32(13-5-1)33-20-22-34(23-21-33)37-24-29-44-41(30-37)40-18-10-11-19-43(40)47(44)38-25-27-39(28-26-38)48-45(36-16-8-3-9-17-36)31-42(46-48)35-14-6-2-7-15-35/h1-31H. The molecule has 0 radical (unpaired) electrons. The molecule has 3 heteroatoms. The third-order valence-corrected chi connectivity index (χ3v) is 9.20. The summed E-state index contributed by atoms with van der Waals surface area (Å²) < 4.78 is 4.43. The van der Waals surface area contributed by atoms with Gasteiger partial charge in [0.15, 0.2) is 0 Å². The molecule has 9 aromatic rings. The van der Waals surface area contributed by atoms with Crippen LogP contribution in [0.1, 0.15) is 0 Å². The van der Waals surface area contributed by atoms with Crippen molar-refractivity contribution in [3.05, 3.63) is 188 Å². The highest BCUT2D eigenvalue weighted by molar-refractivity contribution is 6.10. The Morgan fingerprint density at radius 1 is 0.333 bits per heavy atom. The van der Waals surface area contributed by atoms with Gasteiger partial charge in [0.05, 0.1) is 28.1 Å². The molecule has 9 rings (SSSR count). The number of fused-ring (bicyclic) bond motifs is 3. The highest BCUT2D eigenvalue weighted by Crippen LogP contribution is 2.36. The molecule has 0 aliphatic carbocycles. The highest BCUT2D eigenvalue weighted by atomic mass is 15.3. The largest absolute Gasteiger partial charge is 0.309 e. The van der Waals surface area contributed by atoms with Gasteiger partial charge in [0.25, 0.3) is 0 Å². The fourth-order valence-corrected chi connectivity index (χ4v) is 6.80. The van der Waals surface area contributed by atoms with Crippen LogP contribution < -0.4 is 0 Å². The Hall–Kier alpha value is -6.45. The molecular weight excluding hydrogens is 583 g/mol. The molecule has 0 fully saturated rings. The van der Waals surface area contributed by atoms with Crippen molar-refractivity contribution in [3.8, 4) is 56.1 Å². The molecule has 7 aromatic carbocycles. The molecular formula is C45H31N3. The quantitative estimate of drug-likeness (QED) is 0.183. The molecule has 0 aliphatic rings. The number of benzene rings is 7. The summed E-state index contributed by atoms with van der Waals surface area (Å²) in [5.74, 6) is 0. The van der Waals surface area contributed by atoms with E-state index in [4.69, 9.17) is 5.10 Å². The first kappa shape index (κ1) is 27.8. The maximum Gasteiger partial charge on any atom is 0.0934 e. The van der Waals surface area contributed by atoms with E-state index in [1.807, 2.05) is 12.1 Å². The molecule has 0 unspecified atom stereocenters. The predicted molar refractivity (Wildman–Crippen MR) is 200 cm³/mol. The Morgan fingerprint density at radius 2 is 0.833 bits per heavy atom. The van der Waals surface area contributed by atoms with Gasteiger partial charge in [-0.1, -0.05) is 140 Å². The van der Waals surface area contributed by atoms with Crippen LogP contribution in [-0.2, 0) is 0 Å². The molecule has 0 spiro atoms. The van der Waals surface area contributed by atoms with Crippen LogP contribution in [0.15, 0.2) is 188 Å². The third-order valence-electron chi connectivity index (χ3n) is 9.20. The Balaban J connectivity index is 1.11. The van der Waals surface area contributed by atoms with Crippen LogP contribution in [0.25, 0.3) is 77.9 Å². The lowest BCUT2D eigenvalue weighted by molar-refractivity contribution is 0.891. The summed E-state index contributed by atoms with van der Waals surface area (Å²) >= 11 is 0. The van der Waals surface area contributed by atoms with Crippen LogP contribution in [0.4, 0.5) is 0 Å². The smallest absolute Gasteiger partial charge is 0.0934 e. The summed E-state index contributed by atoms with van der Waals surface area (Å²) in [4.78, 5) is 0. The zero-order valence-electron chi connectivity index (χ0n) is 26.2. The van der Waals surface area contributed by atoms with Gasteiger partial charge in [0, 0.05) is 27.6 Å². The molecule has 0 bridgehead atoms. The van der Waals surface area contributed by atoms with Crippen molar-refractivity contribution in [1.29, 1.82) is 0 Å². The van der Waals surface area contributed by atoms with Gasteiger partial charge >= 0.3 is 0 Å². The summed E-state index contributed by atoms with van der Waals surface area (Å²) in [5, 5.41) is 7.57. The third kappa shape index (κ3) is 4.90. The average molecular weight is 614 g/mol. The molecule has 0 saturated carbocycles. The van der Waals surface area contributed by atoms with E-state index in [0.717, 1.165) is 33.9 Å². The minimum Gasteiger partial charge on any atom is -0.309 e.